The number of phenols is 1. The second-order valence-corrected chi connectivity index (χ2v) is 4.92. The quantitative estimate of drug-likeness (QED) is 0.658. The van der Waals surface area contributed by atoms with Crippen molar-refractivity contribution in [1.82, 2.24) is 5.43 Å². The lowest BCUT2D eigenvalue weighted by molar-refractivity contribution is -0.123. The molecule has 2 N–H and O–H groups in total. The van der Waals surface area contributed by atoms with Crippen LogP contribution in [0.4, 0.5) is 0 Å². The van der Waals surface area contributed by atoms with Gasteiger partial charge >= 0.3 is 0 Å². The van der Waals surface area contributed by atoms with Crippen LogP contribution in [0.5, 0.6) is 11.5 Å². The number of hydrogen-bond donors (Lipinski definition) is 2. The van der Waals surface area contributed by atoms with Gasteiger partial charge in [-0.1, -0.05) is 6.07 Å². The van der Waals surface area contributed by atoms with Crippen LogP contribution in [0.3, 0.4) is 0 Å². The van der Waals surface area contributed by atoms with Crippen LogP contribution in [-0.4, -0.2) is 23.8 Å². The zero-order valence-electron chi connectivity index (χ0n) is 12.5. The van der Waals surface area contributed by atoms with E-state index in [1.807, 2.05) is 32.0 Å². The number of phenolic OH excluding ortho intramolecular Hbond substituents is 1. The maximum absolute atomic E-state index is 11.6. The summed E-state index contributed by atoms with van der Waals surface area (Å²) in [7, 11) is 0. The first kappa shape index (κ1) is 15.6. The van der Waals surface area contributed by atoms with Gasteiger partial charge in [-0.2, -0.15) is 5.10 Å². The first-order valence-electron chi connectivity index (χ1n) is 6.85. The van der Waals surface area contributed by atoms with Crippen LogP contribution in [0.15, 0.2) is 47.6 Å². The molecule has 0 aliphatic carbocycles. The van der Waals surface area contributed by atoms with Crippen molar-refractivity contribution >= 4 is 12.1 Å². The van der Waals surface area contributed by atoms with E-state index in [4.69, 9.17) is 9.84 Å². The Morgan fingerprint density at radius 2 is 1.91 bits per heavy atom. The average molecular weight is 298 g/mol. The Morgan fingerprint density at radius 1 is 1.18 bits per heavy atom. The summed E-state index contributed by atoms with van der Waals surface area (Å²) in [5.74, 6) is 0.497. The topological polar surface area (TPSA) is 70.9 Å². The van der Waals surface area contributed by atoms with Gasteiger partial charge in [-0.25, -0.2) is 5.43 Å². The van der Waals surface area contributed by atoms with Crippen LogP contribution >= 0.6 is 0 Å². The van der Waals surface area contributed by atoms with Crippen molar-refractivity contribution < 1.29 is 14.6 Å². The molecular formula is C17H18N2O3. The first-order valence-corrected chi connectivity index (χ1v) is 6.85. The molecule has 0 atom stereocenters. The van der Waals surface area contributed by atoms with Gasteiger partial charge < -0.3 is 9.84 Å². The number of nitrogens with zero attached hydrogens (tertiary/aromatic N) is 1. The smallest absolute Gasteiger partial charge is 0.277 e. The molecule has 0 aliphatic heterocycles. The average Bonchev–Trinajstić information content (AvgIpc) is 2.50. The minimum absolute atomic E-state index is 0.102. The summed E-state index contributed by atoms with van der Waals surface area (Å²) in [4.78, 5) is 11.6. The van der Waals surface area contributed by atoms with E-state index < -0.39 is 0 Å². The van der Waals surface area contributed by atoms with Crippen molar-refractivity contribution in [3.8, 4) is 11.5 Å². The highest BCUT2D eigenvalue weighted by Crippen LogP contribution is 2.16. The van der Waals surface area contributed by atoms with Gasteiger partial charge in [-0.3, -0.25) is 4.79 Å². The molecule has 0 saturated carbocycles. The number of hydrazone groups is 1. The van der Waals surface area contributed by atoms with Crippen molar-refractivity contribution in [2.45, 2.75) is 13.8 Å². The van der Waals surface area contributed by atoms with E-state index >= 15 is 0 Å². The van der Waals surface area contributed by atoms with Gasteiger partial charge in [0.25, 0.3) is 5.91 Å². The Bertz CT molecular complexity index is 679. The van der Waals surface area contributed by atoms with Crippen molar-refractivity contribution in [3.05, 3.63) is 59.2 Å². The predicted molar refractivity (Wildman–Crippen MR) is 85.3 cm³/mol. The summed E-state index contributed by atoms with van der Waals surface area (Å²) in [6.45, 7) is 3.91. The van der Waals surface area contributed by atoms with E-state index in [1.165, 1.54) is 11.8 Å². The minimum atomic E-state index is -0.340. The third-order valence-corrected chi connectivity index (χ3v) is 3.14. The molecule has 0 spiro atoms. The van der Waals surface area contributed by atoms with E-state index in [2.05, 4.69) is 10.5 Å². The zero-order valence-corrected chi connectivity index (χ0v) is 12.5. The lowest BCUT2D eigenvalue weighted by Gasteiger charge is -2.07. The van der Waals surface area contributed by atoms with E-state index in [0.717, 1.165) is 11.1 Å². The van der Waals surface area contributed by atoms with E-state index in [0.29, 0.717) is 5.75 Å². The molecule has 1 amide bonds. The highest BCUT2D eigenvalue weighted by Gasteiger charge is 2.02. The summed E-state index contributed by atoms with van der Waals surface area (Å²) in [5.41, 5.74) is 5.45. The number of aromatic hydroxyl groups is 1. The fourth-order valence-corrected chi connectivity index (χ4v) is 1.72. The van der Waals surface area contributed by atoms with Gasteiger partial charge in [0.15, 0.2) is 6.61 Å². The summed E-state index contributed by atoms with van der Waals surface area (Å²) >= 11 is 0. The summed E-state index contributed by atoms with van der Waals surface area (Å²) in [5, 5.41) is 13.0. The number of hydrogen-bond acceptors (Lipinski definition) is 4. The zero-order chi connectivity index (χ0) is 15.9. The number of rotatable bonds is 5. The molecule has 2 aromatic carbocycles. The Balaban J connectivity index is 1.80. The lowest BCUT2D eigenvalue weighted by atomic mass is 10.1. The van der Waals surface area contributed by atoms with Gasteiger partial charge in [-0.05, 0) is 66.9 Å². The molecule has 0 aliphatic rings. The molecule has 22 heavy (non-hydrogen) atoms. The van der Waals surface area contributed by atoms with Crippen molar-refractivity contribution in [3.63, 3.8) is 0 Å². The lowest BCUT2D eigenvalue weighted by Crippen LogP contribution is -2.24. The van der Waals surface area contributed by atoms with Gasteiger partial charge in [0.05, 0.1) is 6.21 Å². The minimum Gasteiger partial charge on any atom is -0.508 e. The maximum atomic E-state index is 11.6. The van der Waals surface area contributed by atoms with Gasteiger partial charge in [0.1, 0.15) is 11.5 Å². The first-order chi connectivity index (χ1) is 10.5. The van der Waals surface area contributed by atoms with Crippen LogP contribution in [0.1, 0.15) is 16.7 Å². The largest absolute Gasteiger partial charge is 0.508 e. The molecule has 0 unspecified atom stereocenters. The molecule has 5 heteroatoms. The standard InChI is InChI=1S/C17H18N2O3/c1-12-3-8-16(9-13(12)2)22-11-17(21)19-18-10-14-4-6-15(20)7-5-14/h3-10,20H,11H2,1-2H3,(H,19,21). The van der Waals surface area contributed by atoms with Crippen LogP contribution < -0.4 is 10.2 Å². The fourth-order valence-electron chi connectivity index (χ4n) is 1.72. The molecule has 0 saturated heterocycles. The van der Waals surface area contributed by atoms with Crippen LogP contribution in [0.2, 0.25) is 0 Å². The molecule has 0 bridgehead atoms. The van der Waals surface area contributed by atoms with E-state index in [1.54, 1.807) is 24.3 Å². The molecule has 0 aromatic heterocycles. The molecule has 0 fully saturated rings. The number of carbonyl (C=O) groups excluding carboxylic acids is 1. The summed E-state index contributed by atoms with van der Waals surface area (Å²) in [6.07, 6.45) is 1.49. The summed E-state index contributed by atoms with van der Waals surface area (Å²) < 4.78 is 5.40. The Hall–Kier alpha value is -2.82. The molecule has 114 valence electrons. The number of nitrogens with one attached hydrogen (secondary N) is 1. The van der Waals surface area contributed by atoms with Gasteiger partial charge in [0.2, 0.25) is 0 Å². The number of aryl methyl sites for hydroxylation is 2. The van der Waals surface area contributed by atoms with Crippen molar-refractivity contribution in [2.24, 2.45) is 5.10 Å². The second-order valence-electron chi connectivity index (χ2n) is 4.92. The van der Waals surface area contributed by atoms with Gasteiger partial charge in [0, 0.05) is 0 Å². The van der Waals surface area contributed by atoms with Crippen LogP contribution in [0.25, 0.3) is 0 Å². The Kier molecular flexibility index (Phi) is 5.14. The van der Waals surface area contributed by atoms with Crippen LogP contribution in [-0.2, 0) is 4.79 Å². The van der Waals surface area contributed by atoms with Crippen molar-refractivity contribution in [2.75, 3.05) is 6.61 Å². The van der Waals surface area contributed by atoms with E-state index in [9.17, 15) is 4.79 Å². The molecular weight excluding hydrogens is 280 g/mol. The summed E-state index contributed by atoms with van der Waals surface area (Å²) in [6, 6.07) is 12.1. The molecule has 0 heterocycles. The number of carbonyl (C=O) groups is 1. The molecule has 2 aromatic rings. The monoisotopic (exact) mass is 298 g/mol. The second kappa shape index (κ2) is 7.26. The normalized spacial score (nSPS) is 10.6. The molecule has 5 nitrogen and oxygen atoms in total. The molecule has 2 rings (SSSR count). The highest BCUT2D eigenvalue weighted by molar-refractivity contribution is 5.83. The SMILES string of the molecule is Cc1ccc(OCC(=O)NN=Cc2ccc(O)cc2)cc1C. The third-order valence-electron chi connectivity index (χ3n) is 3.14. The Morgan fingerprint density at radius 3 is 2.59 bits per heavy atom. The van der Waals surface area contributed by atoms with Gasteiger partial charge in [-0.15, -0.1) is 0 Å². The Labute approximate surface area is 129 Å². The number of amides is 1. The van der Waals surface area contributed by atoms with Crippen molar-refractivity contribution in [1.29, 1.82) is 0 Å². The number of benzene rings is 2. The maximum Gasteiger partial charge on any atom is 0.277 e. The fraction of sp³-hybridized carbons (Fsp3) is 0.176. The number of ether oxygens (including phenoxy) is 1. The molecule has 0 radical (unpaired) electrons. The predicted octanol–water partition coefficient (Wildman–Crippen LogP) is 2.54. The van der Waals surface area contributed by atoms with E-state index in [-0.39, 0.29) is 18.3 Å². The third kappa shape index (κ3) is 4.63. The van der Waals surface area contributed by atoms with Crippen LogP contribution in [0, 0.1) is 13.8 Å². The highest BCUT2D eigenvalue weighted by atomic mass is 16.5.